The first-order valence-electron chi connectivity index (χ1n) is 10.9. The van der Waals surface area contributed by atoms with E-state index in [0.717, 1.165) is 25.9 Å². The molecule has 0 unspecified atom stereocenters. The zero-order valence-electron chi connectivity index (χ0n) is 19.5. The fraction of sp³-hybridized carbons (Fsp3) is 0.364. The third kappa shape index (κ3) is 5.69. The van der Waals surface area contributed by atoms with E-state index in [4.69, 9.17) is 4.74 Å². The third-order valence-corrected chi connectivity index (χ3v) is 5.62. The molecule has 1 amide bonds. The molecular formula is C22H25FN8O4. The van der Waals surface area contributed by atoms with Gasteiger partial charge in [-0.05, 0) is 68.4 Å². The number of anilines is 4. The fourth-order valence-electron chi connectivity index (χ4n) is 3.64. The number of nitrogens with zero attached hydrogens (tertiary/aromatic N) is 5. The SMILES string of the molecule is COc1cc(C(=O)NC2CCN(C)CC2)ccc1Nc1ncc(C(C)=O)c(Nc2nonc2F)n1. The molecule has 1 aliphatic rings. The number of halogens is 1. The maximum atomic E-state index is 13.7. The smallest absolute Gasteiger partial charge is 0.298 e. The van der Waals surface area contributed by atoms with Crippen LogP contribution in [0.1, 0.15) is 40.5 Å². The number of piperidine rings is 1. The fourth-order valence-corrected chi connectivity index (χ4v) is 3.64. The highest BCUT2D eigenvalue weighted by Gasteiger charge is 2.21. The minimum absolute atomic E-state index is 0.0118. The first-order valence-corrected chi connectivity index (χ1v) is 10.9. The van der Waals surface area contributed by atoms with Crippen LogP contribution < -0.4 is 20.7 Å². The Morgan fingerprint density at radius 1 is 1.17 bits per heavy atom. The van der Waals surface area contributed by atoms with Gasteiger partial charge in [-0.15, -0.1) is 0 Å². The number of ketones is 1. The van der Waals surface area contributed by atoms with Crippen molar-refractivity contribution in [1.82, 2.24) is 30.5 Å². The van der Waals surface area contributed by atoms with Crippen LogP contribution in [0.4, 0.5) is 27.7 Å². The number of benzene rings is 1. The van der Waals surface area contributed by atoms with Crippen LogP contribution in [0.5, 0.6) is 5.75 Å². The highest BCUT2D eigenvalue weighted by Crippen LogP contribution is 2.29. The Hall–Kier alpha value is -4.13. The van der Waals surface area contributed by atoms with Gasteiger partial charge in [-0.25, -0.2) is 9.61 Å². The molecule has 1 fully saturated rings. The van der Waals surface area contributed by atoms with Gasteiger partial charge in [0.2, 0.25) is 11.8 Å². The van der Waals surface area contributed by atoms with Crippen LogP contribution in [0.3, 0.4) is 0 Å². The minimum atomic E-state index is -0.983. The predicted octanol–water partition coefficient (Wildman–Crippen LogP) is 2.52. The Morgan fingerprint density at radius 3 is 2.60 bits per heavy atom. The third-order valence-electron chi connectivity index (χ3n) is 5.62. The molecule has 3 heterocycles. The second-order valence-corrected chi connectivity index (χ2v) is 8.13. The normalized spacial score (nSPS) is 14.4. The zero-order valence-corrected chi connectivity index (χ0v) is 19.5. The number of amides is 1. The Labute approximate surface area is 200 Å². The number of likely N-dealkylation sites (tertiary alicyclic amines) is 1. The maximum Gasteiger partial charge on any atom is 0.298 e. The average Bonchev–Trinajstić information content (AvgIpc) is 3.24. The molecule has 4 rings (SSSR count). The van der Waals surface area contributed by atoms with Crippen molar-refractivity contribution in [2.24, 2.45) is 0 Å². The van der Waals surface area contributed by atoms with E-state index in [0.29, 0.717) is 17.0 Å². The molecule has 0 saturated carbocycles. The summed E-state index contributed by atoms with van der Waals surface area (Å²) in [5, 5.41) is 15.1. The second kappa shape index (κ2) is 10.4. The van der Waals surface area contributed by atoms with Gasteiger partial charge >= 0.3 is 0 Å². The van der Waals surface area contributed by atoms with Gasteiger partial charge < -0.3 is 25.6 Å². The van der Waals surface area contributed by atoms with E-state index in [9.17, 15) is 14.0 Å². The van der Waals surface area contributed by atoms with Crippen molar-refractivity contribution < 1.29 is 23.3 Å². The molecular weight excluding hydrogens is 459 g/mol. The number of Topliss-reactive ketones (excluding diaryl/α,β-unsaturated/α-hetero) is 1. The maximum absolute atomic E-state index is 13.7. The largest absolute Gasteiger partial charge is 0.495 e. The van der Waals surface area contributed by atoms with Gasteiger partial charge in [0.15, 0.2) is 5.78 Å². The van der Waals surface area contributed by atoms with Gasteiger partial charge in [0.25, 0.3) is 11.9 Å². The number of nitrogens with one attached hydrogen (secondary N) is 3. The molecule has 3 aromatic rings. The van der Waals surface area contributed by atoms with Gasteiger partial charge in [-0.1, -0.05) is 0 Å². The summed E-state index contributed by atoms with van der Waals surface area (Å²) in [5.41, 5.74) is 1.06. The lowest BCUT2D eigenvalue weighted by Gasteiger charge is -2.29. The summed E-state index contributed by atoms with van der Waals surface area (Å²) in [6.07, 6.45) is 3.09. The molecule has 0 bridgehead atoms. The number of ether oxygens (including phenoxy) is 1. The van der Waals surface area contributed by atoms with Crippen molar-refractivity contribution in [2.45, 2.75) is 25.8 Å². The summed E-state index contributed by atoms with van der Waals surface area (Å²) in [6, 6.07) is 5.08. The standard InChI is InChI=1S/C22H25FN8O4/c1-12(32)15-11-24-22(28-19(15)27-20-18(23)29-35-30-20)26-16-5-4-13(10-17(16)34-3)21(33)25-14-6-8-31(2)9-7-14/h4-5,10-11,14H,6-9H2,1-3H3,(H,25,33)(H2,24,26,27,28,30). The summed E-state index contributed by atoms with van der Waals surface area (Å²) < 4.78 is 23.4. The van der Waals surface area contributed by atoms with E-state index >= 15 is 0 Å². The Morgan fingerprint density at radius 2 is 1.94 bits per heavy atom. The highest BCUT2D eigenvalue weighted by atomic mass is 19.1. The Balaban J connectivity index is 1.52. The molecule has 2 aromatic heterocycles. The van der Waals surface area contributed by atoms with Gasteiger partial charge in [0.05, 0.1) is 18.4 Å². The van der Waals surface area contributed by atoms with Crippen LogP contribution in [-0.4, -0.2) is 70.2 Å². The van der Waals surface area contributed by atoms with Gasteiger partial charge in [-0.2, -0.15) is 9.37 Å². The summed E-state index contributed by atoms with van der Waals surface area (Å²) in [6.45, 7) is 3.21. The van der Waals surface area contributed by atoms with Gasteiger partial charge in [0.1, 0.15) is 11.6 Å². The molecule has 12 nitrogen and oxygen atoms in total. The van der Waals surface area contributed by atoms with Crippen LogP contribution in [0.2, 0.25) is 0 Å². The topological polar surface area (TPSA) is 147 Å². The molecule has 1 saturated heterocycles. The molecule has 0 aliphatic carbocycles. The van der Waals surface area contributed by atoms with E-state index in [-0.39, 0.29) is 40.9 Å². The van der Waals surface area contributed by atoms with E-state index in [1.165, 1.54) is 20.2 Å². The molecule has 1 aliphatic heterocycles. The lowest BCUT2D eigenvalue weighted by Crippen LogP contribution is -2.43. The van der Waals surface area contributed by atoms with Crippen molar-refractivity contribution in [2.75, 3.05) is 37.9 Å². The highest BCUT2D eigenvalue weighted by molar-refractivity contribution is 5.99. The van der Waals surface area contributed by atoms with E-state index < -0.39 is 5.95 Å². The van der Waals surface area contributed by atoms with E-state index in [2.05, 4.69) is 52.8 Å². The van der Waals surface area contributed by atoms with Gasteiger partial charge in [-0.3, -0.25) is 9.59 Å². The second-order valence-electron chi connectivity index (χ2n) is 8.13. The lowest BCUT2D eigenvalue weighted by atomic mass is 10.0. The van der Waals surface area contributed by atoms with Crippen molar-refractivity contribution >= 4 is 35.0 Å². The van der Waals surface area contributed by atoms with Gasteiger partial charge in [0, 0.05) is 17.8 Å². The summed E-state index contributed by atoms with van der Waals surface area (Å²) in [4.78, 5) is 35.3. The zero-order chi connectivity index (χ0) is 24.9. The van der Waals surface area contributed by atoms with Crippen LogP contribution in [-0.2, 0) is 0 Å². The number of hydrogen-bond acceptors (Lipinski definition) is 11. The number of rotatable bonds is 8. The number of hydrogen-bond donors (Lipinski definition) is 3. The predicted molar refractivity (Wildman–Crippen MR) is 124 cm³/mol. The van der Waals surface area contributed by atoms with Crippen molar-refractivity contribution in [3.05, 3.63) is 41.5 Å². The van der Waals surface area contributed by atoms with Crippen LogP contribution in [0, 0.1) is 5.95 Å². The molecule has 0 spiro atoms. The molecule has 184 valence electrons. The molecule has 0 radical (unpaired) electrons. The molecule has 35 heavy (non-hydrogen) atoms. The first-order chi connectivity index (χ1) is 16.8. The number of carbonyl (C=O) groups excluding carboxylic acids is 2. The van der Waals surface area contributed by atoms with Crippen molar-refractivity contribution in [1.29, 1.82) is 0 Å². The molecule has 1 aromatic carbocycles. The summed E-state index contributed by atoms with van der Waals surface area (Å²) >= 11 is 0. The van der Waals surface area contributed by atoms with Crippen molar-refractivity contribution in [3.63, 3.8) is 0 Å². The molecule has 13 heteroatoms. The van der Waals surface area contributed by atoms with Crippen molar-refractivity contribution in [3.8, 4) is 5.75 Å². The minimum Gasteiger partial charge on any atom is -0.495 e. The Kier molecular flexibility index (Phi) is 7.15. The van der Waals surface area contributed by atoms with E-state index in [1.807, 2.05) is 0 Å². The Bertz CT molecular complexity index is 1230. The number of methoxy groups -OCH3 is 1. The number of carbonyl (C=O) groups is 2. The van der Waals surface area contributed by atoms with Crippen LogP contribution in [0.15, 0.2) is 29.0 Å². The van der Waals surface area contributed by atoms with E-state index in [1.54, 1.807) is 18.2 Å². The average molecular weight is 484 g/mol. The summed E-state index contributed by atoms with van der Waals surface area (Å²) in [5.74, 6) is -1.33. The quantitative estimate of drug-likeness (QED) is 0.405. The number of aromatic nitrogens is 4. The monoisotopic (exact) mass is 484 g/mol. The lowest BCUT2D eigenvalue weighted by molar-refractivity contribution is 0.0916. The molecule has 3 N–H and O–H groups in total. The van der Waals surface area contributed by atoms with Crippen LogP contribution in [0.25, 0.3) is 0 Å². The molecule has 0 atom stereocenters. The van der Waals surface area contributed by atoms with Crippen LogP contribution >= 0.6 is 0 Å². The first kappa shape index (κ1) is 24.0. The summed E-state index contributed by atoms with van der Waals surface area (Å²) in [7, 11) is 3.54.